The molecular weight excluding hydrogens is 264 g/mol. The Hall–Kier alpha value is -2.43. The Bertz CT molecular complexity index is 700. The van der Waals surface area contributed by atoms with Crippen LogP contribution in [-0.2, 0) is 4.79 Å². The SMILES string of the molecule is O=C1C[C@@H](c2ccc(F)c(F)c2)c2ccc(O)cc2N1. The molecule has 0 saturated carbocycles. The summed E-state index contributed by atoms with van der Waals surface area (Å²) >= 11 is 0. The quantitative estimate of drug-likeness (QED) is 0.840. The molecule has 2 aromatic carbocycles. The number of amides is 1. The Kier molecular flexibility index (Phi) is 2.89. The zero-order valence-electron chi connectivity index (χ0n) is 10.4. The zero-order chi connectivity index (χ0) is 14.3. The van der Waals surface area contributed by atoms with E-state index in [2.05, 4.69) is 5.32 Å². The van der Waals surface area contributed by atoms with Gasteiger partial charge in [0.05, 0.1) is 0 Å². The van der Waals surface area contributed by atoms with Crippen molar-refractivity contribution in [3.05, 3.63) is 59.2 Å². The first kappa shape index (κ1) is 12.6. The highest BCUT2D eigenvalue weighted by molar-refractivity contribution is 5.95. The lowest BCUT2D eigenvalue weighted by Crippen LogP contribution is -2.23. The Morgan fingerprint density at radius 2 is 1.90 bits per heavy atom. The van der Waals surface area contributed by atoms with Crippen LogP contribution in [0.2, 0.25) is 0 Å². The fourth-order valence-electron chi connectivity index (χ4n) is 2.48. The minimum atomic E-state index is -0.936. The lowest BCUT2D eigenvalue weighted by Gasteiger charge is -2.26. The Morgan fingerprint density at radius 3 is 2.65 bits per heavy atom. The number of halogens is 2. The standard InChI is InChI=1S/C15H11F2NO2/c16-12-4-1-8(5-13(12)17)11-7-15(20)18-14-6-9(19)2-3-10(11)14/h1-6,11,19H,7H2,(H,18,20)/t11-/m0/s1. The van der Waals surface area contributed by atoms with Crippen LogP contribution >= 0.6 is 0 Å². The van der Waals surface area contributed by atoms with E-state index in [4.69, 9.17) is 0 Å². The number of fused-ring (bicyclic) bond motifs is 1. The molecule has 1 aliphatic heterocycles. The number of hydrogen-bond donors (Lipinski definition) is 2. The maximum atomic E-state index is 13.4. The van der Waals surface area contributed by atoms with E-state index in [-0.39, 0.29) is 24.0 Å². The summed E-state index contributed by atoms with van der Waals surface area (Å²) < 4.78 is 26.4. The minimum Gasteiger partial charge on any atom is -0.508 e. The minimum absolute atomic E-state index is 0.0370. The van der Waals surface area contributed by atoms with E-state index in [1.165, 1.54) is 18.2 Å². The number of phenolic OH excluding ortho intramolecular Hbond substituents is 1. The number of anilines is 1. The molecule has 1 atom stereocenters. The molecule has 2 N–H and O–H groups in total. The molecule has 0 spiro atoms. The first-order valence-electron chi connectivity index (χ1n) is 6.12. The van der Waals surface area contributed by atoms with Crippen LogP contribution in [0.25, 0.3) is 0 Å². The van der Waals surface area contributed by atoms with E-state index in [0.29, 0.717) is 11.3 Å². The molecule has 1 amide bonds. The lowest BCUT2D eigenvalue weighted by atomic mass is 9.84. The molecule has 0 unspecified atom stereocenters. The molecule has 20 heavy (non-hydrogen) atoms. The van der Waals surface area contributed by atoms with Crippen LogP contribution in [0, 0.1) is 11.6 Å². The maximum Gasteiger partial charge on any atom is 0.225 e. The molecule has 3 nitrogen and oxygen atoms in total. The number of phenols is 1. The number of carbonyl (C=O) groups excluding carboxylic acids is 1. The second kappa shape index (κ2) is 4.59. The van der Waals surface area contributed by atoms with Gasteiger partial charge >= 0.3 is 0 Å². The number of rotatable bonds is 1. The average molecular weight is 275 g/mol. The van der Waals surface area contributed by atoms with E-state index in [9.17, 15) is 18.7 Å². The first-order valence-corrected chi connectivity index (χ1v) is 6.12. The van der Waals surface area contributed by atoms with E-state index in [1.807, 2.05) is 0 Å². The number of benzene rings is 2. The van der Waals surface area contributed by atoms with E-state index >= 15 is 0 Å². The summed E-state index contributed by atoms with van der Waals surface area (Å²) in [5.74, 6) is -2.39. The monoisotopic (exact) mass is 275 g/mol. The van der Waals surface area contributed by atoms with Crippen molar-refractivity contribution in [3.63, 3.8) is 0 Å². The van der Waals surface area contributed by atoms with Crippen molar-refractivity contribution in [1.29, 1.82) is 0 Å². The van der Waals surface area contributed by atoms with Gasteiger partial charge in [0.2, 0.25) is 5.91 Å². The number of aromatic hydroxyl groups is 1. The summed E-state index contributed by atoms with van der Waals surface area (Å²) in [6, 6.07) is 8.25. The molecule has 5 heteroatoms. The highest BCUT2D eigenvalue weighted by atomic mass is 19.2. The van der Waals surface area contributed by atoms with Gasteiger partial charge in [-0.1, -0.05) is 12.1 Å². The van der Waals surface area contributed by atoms with Gasteiger partial charge in [-0.25, -0.2) is 8.78 Å². The Balaban J connectivity index is 2.10. The van der Waals surface area contributed by atoms with Crippen LogP contribution in [0.5, 0.6) is 5.75 Å². The molecule has 3 rings (SSSR count). The van der Waals surface area contributed by atoms with Gasteiger partial charge in [-0.2, -0.15) is 0 Å². The summed E-state index contributed by atoms with van der Waals surface area (Å²) in [5, 5.41) is 12.1. The summed E-state index contributed by atoms with van der Waals surface area (Å²) in [6.45, 7) is 0. The zero-order valence-corrected chi connectivity index (χ0v) is 10.4. The average Bonchev–Trinajstić information content (AvgIpc) is 2.40. The third-order valence-electron chi connectivity index (χ3n) is 3.42. The van der Waals surface area contributed by atoms with Crippen LogP contribution in [0.3, 0.4) is 0 Å². The normalized spacial score (nSPS) is 17.5. The van der Waals surface area contributed by atoms with E-state index < -0.39 is 11.6 Å². The van der Waals surface area contributed by atoms with Crippen molar-refractivity contribution in [3.8, 4) is 5.75 Å². The molecule has 0 aromatic heterocycles. The van der Waals surface area contributed by atoms with E-state index in [0.717, 1.165) is 17.7 Å². The summed E-state index contributed by atoms with van der Waals surface area (Å²) in [5.41, 5.74) is 1.80. The molecule has 0 aliphatic carbocycles. The van der Waals surface area contributed by atoms with Gasteiger partial charge in [0.25, 0.3) is 0 Å². The molecule has 1 aliphatic rings. The maximum absolute atomic E-state index is 13.4. The number of hydrogen-bond acceptors (Lipinski definition) is 2. The van der Waals surface area contributed by atoms with Crippen LogP contribution in [0.15, 0.2) is 36.4 Å². The van der Waals surface area contributed by atoms with Gasteiger partial charge in [0.15, 0.2) is 11.6 Å². The predicted octanol–water partition coefficient (Wildman–Crippen LogP) is 3.14. The van der Waals surface area contributed by atoms with Gasteiger partial charge in [0.1, 0.15) is 5.75 Å². The molecule has 0 saturated heterocycles. The third-order valence-corrected chi connectivity index (χ3v) is 3.42. The predicted molar refractivity (Wildman–Crippen MR) is 69.6 cm³/mol. The molecular formula is C15H11F2NO2. The van der Waals surface area contributed by atoms with Crippen LogP contribution < -0.4 is 5.32 Å². The van der Waals surface area contributed by atoms with Gasteiger partial charge in [-0.05, 0) is 29.3 Å². The van der Waals surface area contributed by atoms with Crippen molar-refractivity contribution in [2.45, 2.75) is 12.3 Å². The molecule has 102 valence electrons. The van der Waals surface area contributed by atoms with Crippen LogP contribution in [-0.4, -0.2) is 11.0 Å². The lowest BCUT2D eigenvalue weighted by molar-refractivity contribution is -0.116. The van der Waals surface area contributed by atoms with Crippen LogP contribution in [0.1, 0.15) is 23.5 Å². The van der Waals surface area contributed by atoms with Gasteiger partial charge in [-0.15, -0.1) is 0 Å². The second-order valence-corrected chi connectivity index (χ2v) is 4.75. The first-order chi connectivity index (χ1) is 9.54. The molecule has 0 bridgehead atoms. The van der Waals surface area contributed by atoms with Crippen molar-refractivity contribution < 1.29 is 18.7 Å². The molecule has 0 fully saturated rings. The third kappa shape index (κ3) is 2.11. The van der Waals surface area contributed by atoms with Gasteiger partial charge in [0, 0.05) is 24.1 Å². The van der Waals surface area contributed by atoms with E-state index in [1.54, 1.807) is 6.07 Å². The molecule has 1 heterocycles. The van der Waals surface area contributed by atoms with Crippen LogP contribution in [0.4, 0.5) is 14.5 Å². The molecule has 2 aromatic rings. The topological polar surface area (TPSA) is 49.3 Å². The number of nitrogens with one attached hydrogen (secondary N) is 1. The smallest absolute Gasteiger partial charge is 0.225 e. The molecule has 0 radical (unpaired) electrons. The summed E-state index contributed by atoms with van der Waals surface area (Å²) in [7, 11) is 0. The fourth-order valence-corrected chi connectivity index (χ4v) is 2.48. The van der Waals surface area contributed by atoms with Gasteiger partial charge < -0.3 is 10.4 Å². The second-order valence-electron chi connectivity index (χ2n) is 4.75. The van der Waals surface area contributed by atoms with Crippen molar-refractivity contribution in [2.75, 3.05) is 5.32 Å². The van der Waals surface area contributed by atoms with Crippen molar-refractivity contribution in [1.82, 2.24) is 0 Å². The largest absolute Gasteiger partial charge is 0.508 e. The van der Waals surface area contributed by atoms with Gasteiger partial charge in [-0.3, -0.25) is 4.79 Å². The Labute approximate surface area is 113 Å². The fraction of sp³-hybridized carbons (Fsp3) is 0.133. The summed E-state index contributed by atoms with van der Waals surface area (Å²) in [6.07, 6.45) is 0.156. The highest BCUT2D eigenvalue weighted by Gasteiger charge is 2.27. The Morgan fingerprint density at radius 1 is 1.10 bits per heavy atom. The highest BCUT2D eigenvalue weighted by Crippen LogP contribution is 2.38. The van der Waals surface area contributed by atoms with Crippen molar-refractivity contribution in [2.24, 2.45) is 0 Å². The van der Waals surface area contributed by atoms with Crippen molar-refractivity contribution >= 4 is 11.6 Å². The summed E-state index contributed by atoms with van der Waals surface area (Å²) in [4.78, 5) is 11.7. The number of carbonyl (C=O) groups is 1.